The summed E-state index contributed by atoms with van der Waals surface area (Å²) in [4.78, 5) is 18.1. The highest BCUT2D eigenvalue weighted by Gasteiger charge is 2.19. The fourth-order valence-electron chi connectivity index (χ4n) is 3.04. The van der Waals surface area contributed by atoms with Crippen LogP contribution >= 0.6 is 52.3 Å². The van der Waals surface area contributed by atoms with Crippen molar-refractivity contribution in [2.24, 2.45) is 0 Å². The predicted molar refractivity (Wildman–Crippen MR) is 135 cm³/mol. The van der Waals surface area contributed by atoms with E-state index in [1.165, 1.54) is 22.7 Å². The number of aromatic nitrogens is 1. The van der Waals surface area contributed by atoms with E-state index in [4.69, 9.17) is 9.72 Å². The van der Waals surface area contributed by atoms with Gasteiger partial charge in [0.1, 0.15) is 11.5 Å². The Labute approximate surface area is 199 Å². The lowest BCUT2D eigenvalue weighted by Gasteiger charge is -2.07. The van der Waals surface area contributed by atoms with Crippen molar-refractivity contribution in [3.05, 3.63) is 75.3 Å². The topological polar surface area (TPSA) is 51.2 Å². The Morgan fingerprint density at radius 2 is 1.70 bits per heavy atom. The molecule has 0 aliphatic heterocycles. The first-order valence-electron chi connectivity index (χ1n) is 8.90. The molecule has 30 heavy (non-hydrogen) atoms. The first kappa shape index (κ1) is 22.6. The van der Waals surface area contributed by atoms with E-state index < -0.39 is 0 Å². The van der Waals surface area contributed by atoms with Crippen LogP contribution in [-0.2, 0) is 0 Å². The fourth-order valence-corrected chi connectivity index (χ4v) is 5.07. The van der Waals surface area contributed by atoms with Gasteiger partial charge in [-0.25, -0.2) is 4.98 Å². The highest BCUT2D eigenvalue weighted by atomic mass is 79.9. The molecule has 154 valence electrons. The second kappa shape index (κ2) is 9.78. The van der Waals surface area contributed by atoms with Gasteiger partial charge in [-0.05, 0) is 55.8 Å². The fraction of sp³-hybridized carbons (Fsp3) is 0.0909. The quantitative estimate of drug-likeness (QED) is 0.257. The summed E-state index contributed by atoms with van der Waals surface area (Å²) >= 11 is 6.96. The molecule has 0 radical (unpaired) electrons. The molecule has 0 fully saturated rings. The SMILES string of the molecule is Br.Cc1sc(C(=O)S)c(C)c1-c1csc(Nc2ccc(Oc3ccccc3)cc2)n1. The number of anilines is 2. The largest absolute Gasteiger partial charge is 0.457 e. The van der Waals surface area contributed by atoms with Crippen LogP contribution in [0, 0.1) is 13.8 Å². The van der Waals surface area contributed by atoms with Gasteiger partial charge in [-0.15, -0.1) is 39.7 Å². The van der Waals surface area contributed by atoms with Crippen LogP contribution in [0.1, 0.15) is 20.1 Å². The van der Waals surface area contributed by atoms with Crippen LogP contribution < -0.4 is 10.1 Å². The zero-order chi connectivity index (χ0) is 20.4. The van der Waals surface area contributed by atoms with Gasteiger partial charge in [-0.3, -0.25) is 4.79 Å². The molecule has 0 amide bonds. The minimum absolute atomic E-state index is 0. The number of hydrogen-bond donors (Lipinski definition) is 2. The maximum atomic E-state index is 11.7. The Morgan fingerprint density at radius 1 is 1.03 bits per heavy atom. The average Bonchev–Trinajstić information content (AvgIpc) is 3.27. The van der Waals surface area contributed by atoms with Crippen LogP contribution in [0.3, 0.4) is 0 Å². The molecule has 0 aliphatic rings. The molecule has 0 atom stereocenters. The molecular formula is C22H19BrN2O2S3. The summed E-state index contributed by atoms with van der Waals surface area (Å²) in [5, 5.41) is 5.92. The Balaban J connectivity index is 0.00000256. The Hall–Kier alpha value is -2.13. The zero-order valence-corrected chi connectivity index (χ0v) is 20.4. The van der Waals surface area contributed by atoms with Crippen LogP contribution in [0.2, 0.25) is 0 Å². The third kappa shape index (κ3) is 4.95. The summed E-state index contributed by atoms with van der Waals surface area (Å²) in [5.41, 5.74) is 3.75. The standard InChI is InChI=1S/C22H18N2O2S3.BrH/c1-13-19(14(2)29-20(13)21(25)27)18-12-28-22(24-18)23-15-8-10-17(11-9-15)26-16-6-4-3-5-7-16;/h3-12H,1-2H3,(H,23,24)(H,25,27);1H. The Morgan fingerprint density at radius 3 is 2.33 bits per heavy atom. The first-order chi connectivity index (χ1) is 14.0. The summed E-state index contributed by atoms with van der Waals surface area (Å²) in [5.74, 6) is 1.58. The van der Waals surface area contributed by atoms with Gasteiger partial charge in [0.05, 0.1) is 10.6 Å². The van der Waals surface area contributed by atoms with Crippen LogP contribution in [-0.4, -0.2) is 10.1 Å². The van der Waals surface area contributed by atoms with Crippen molar-refractivity contribution < 1.29 is 9.53 Å². The molecule has 0 saturated heterocycles. The smallest absolute Gasteiger partial charge is 0.226 e. The van der Waals surface area contributed by atoms with E-state index >= 15 is 0 Å². The van der Waals surface area contributed by atoms with Crippen molar-refractivity contribution in [2.45, 2.75) is 13.8 Å². The van der Waals surface area contributed by atoms with Crippen molar-refractivity contribution in [3.63, 3.8) is 0 Å². The van der Waals surface area contributed by atoms with Crippen LogP contribution in [0.5, 0.6) is 11.5 Å². The van der Waals surface area contributed by atoms with Crippen LogP contribution in [0.15, 0.2) is 60.0 Å². The summed E-state index contributed by atoms with van der Waals surface area (Å²) in [6, 6.07) is 17.4. The summed E-state index contributed by atoms with van der Waals surface area (Å²) < 4.78 is 5.82. The summed E-state index contributed by atoms with van der Waals surface area (Å²) in [6.07, 6.45) is 0. The minimum atomic E-state index is -0.201. The van der Waals surface area contributed by atoms with Crippen LogP contribution in [0.25, 0.3) is 11.3 Å². The number of aryl methyl sites for hydroxylation is 1. The van der Waals surface area contributed by atoms with Crippen molar-refractivity contribution in [1.29, 1.82) is 0 Å². The molecule has 2 aromatic heterocycles. The number of nitrogens with zero attached hydrogens (tertiary/aromatic N) is 1. The van der Waals surface area contributed by atoms with E-state index in [2.05, 4.69) is 17.9 Å². The number of rotatable bonds is 6. The molecule has 1 N–H and O–H groups in total. The number of carbonyl (C=O) groups is 1. The van der Waals surface area contributed by atoms with Gasteiger partial charge in [0.25, 0.3) is 0 Å². The summed E-state index contributed by atoms with van der Waals surface area (Å²) in [7, 11) is 0. The molecule has 0 saturated carbocycles. The maximum absolute atomic E-state index is 11.7. The number of para-hydroxylation sites is 1. The van der Waals surface area contributed by atoms with Gasteiger partial charge in [-0.1, -0.05) is 30.8 Å². The zero-order valence-electron chi connectivity index (χ0n) is 16.2. The molecule has 4 rings (SSSR count). The maximum Gasteiger partial charge on any atom is 0.226 e. The monoisotopic (exact) mass is 518 g/mol. The number of ether oxygens (including phenoxy) is 1. The average molecular weight is 520 g/mol. The van der Waals surface area contributed by atoms with Gasteiger partial charge in [0.15, 0.2) is 5.13 Å². The molecular weight excluding hydrogens is 500 g/mol. The molecule has 2 aromatic carbocycles. The molecule has 0 spiro atoms. The number of thiazole rings is 1. The second-order valence-electron chi connectivity index (χ2n) is 6.39. The predicted octanol–water partition coefficient (Wildman–Crippen LogP) is 7.67. The molecule has 2 heterocycles. The third-order valence-electron chi connectivity index (χ3n) is 4.36. The lowest BCUT2D eigenvalue weighted by molar-refractivity contribution is 0.109. The molecule has 0 aliphatic carbocycles. The van der Waals surface area contributed by atoms with Gasteiger partial charge in [-0.2, -0.15) is 0 Å². The number of benzene rings is 2. The minimum Gasteiger partial charge on any atom is -0.457 e. The van der Waals surface area contributed by atoms with Crippen molar-refractivity contribution in [2.75, 3.05) is 5.32 Å². The Bertz CT molecular complexity index is 1160. The second-order valence-corrected chi connectivity index (χ2v) is 8.88. The normalized spacial score (nSPS) is 10.4. The van der Waals surface area contributed by atoms with Gasteiger partial charge in [0.2, 0.25) is 5.12 Å². The van der Waals surface area contributed by atoms with E-state index in [1.807, 2.05) is 73.8 Å². The van der Waals surface area contributed by atoms with E-state index in [9.17, 15) is 4.79 Å². The number of nitrogens with one attached hydrogen (secondary N) is 1. The van der Waals surface area contributed by atoms with E-state index in [0.717, 1.165) is 44.0 Å². The number of thiophene rings is 1. The highest BCUT2D eigenvalue weighted by Crippen LogP contribution is 2.38. The van der Waals surface area contributed by atoms with Crippen molar-refractivity contribution in [3.8, 4) is 22.8 Å². The number of carbonyl (C=O) groups excluding carboxylic acids is 1. The number of thiol groups is 1. The highest BCUT2D eigenvalue weighted by molar-refractivity contribution is 8.93. The molecule has 8 heteroatoms. The lowest BCUT2D eigenvalue weighted by atomic mass is 10.1. The van der Waals surface area contributed by atoms with E-state index in [0.29, 0.717) is 4.88 Å². The first-order valence-corrected chi connectivity index (χ1v) is 11.0. The molecule has 4 nitrogen and oxygen atoms in total. The van der Waals surface area contributed by atoms with Crippen LogP contribution in [0.4, 0.5) is 10.8 Å². The molecule has 0 unspecified atom stereocenters. The summed E-state index contributed by atoms with van der Waals surface area (Å²) in [6.45, 7) is 3.95. The van der Waals surface area contributed by atoms with Crippen molar-refractivity contribution in [1.82, 2.24) is 4.98 Å². The van der Waals surface area contributed by atoms with E-state index in [-0.39, 0.29) is 22.1 Å². The lowest BCUT2D eigenvalue weighted by Crippen LogP contribution is -1.91. The molecule has 0 bridgehead atoms. The Kier molecular flexibility index (Phi) is 7.36. The third-order valence-corrected chi connectivity index (χ3v) is 6.70. The number of halogens is 1. The van der Waals surface area contributed by atoms with Gasteiger partial charge in [0, 0.05) is 21.5 Å². The van der Waals surface area contributed by atoms with Gasteiger partial charge >= 0.3 is 0 Å². The number of hydrogen-bond acceptors (Lipinski definition) is 6. The van der Waals surface area contributed by atoms with Crippen molar-refractivity contribution >= 4 is 68.2 Å². The molecule has 4 aromatic rings. The van der Waals surface area contributed by atoms with E-state index in [1.54, 1.807) is 0 Å². The van der Waals surface area contributed by atoms with Gasteiger partial charge < -0.3 is 10.1 Å².